The summed E-state index contributed by atoms with van der Waals surface area (Å²) in [5, 5.41) is 36.4. The first-order valence-corrected chi connectivity index (χ1v) is 11.3. The maximum atomic E-state index is 8.25. The van der Waals surface area contributed by atoms with Crippen LogP contribution in [0.3, 0.4) is 0 Å². The number of aromatic amines is 2. The molecule has 217 valence electrons. The molecule has 17 heteroatoms. The molecule has 0 aliphatic carbocycles. The van der Waals surface area contributed by atoms with Crippen molar-refractivity contribution in [3.05, 3.63) is 90.8 Å². The topological polar surface area (TPSA) is 277 Å². The van der Waals surface area contributed by atoms with Gasteiger partial charge in [-0.3, -0.25) is 0 Å². The van der Waals surface area contributed by atoms with Gasteiger partial charge >= 0.3 is 17.1 Å². The minimum Gasteiger partial charge on any atom is -0.412 e. The van der Waals surface area contributed by atoms with Gasteiger partial charge in [-0.05, 0) is 63.0 Å². The van der Waals surface area contributed by atoms with Crippen LogP contribution in [0.1, 0.15) is 49.4 Å². The first-order valence-electron chi connectivity index (χ1n) is 11.3. The van der Waals surface area contributed by atoms with Crippen LogP contribution in [0.25, 0.3) is 22.1 Å². The van der Waals surface area contributed by atoms with Gasteiger partial charge in [-0.2, -0.15) is 0 Å². The van der Waals surface area contributed by atoms with Crippen LogP contribution in [0.5, 0.6) is 0 Å². The van der Waals surface area contributed by atoms with Crippen molar-refractivity contribution in [1.29, 1.82) is 0 Å². The van der Waals surface area contributed by atoms with E-state index in [2.05, 4.69) is 42.7 Å². The molecule has 2 aliphatic heterocycles. The molecule has 0 bridgehead atoms. The Balaban J connectivity index is 0.000000552. The largest absolute Gasteiger partial charge is 2.00 e. The molecule has 2 aliphatic rings. The second kappa shape index (κ2) is 17.6. The summed E-state index contributed by atoms with van der Waals surface area (Å²) in [4.78, 5) is 32.4. The van der Waals surface area contributed by atoms with Crippen LogP contribution < -0.4 is 10.6 Å². The van der Waals surface area contributed by atoms with E-state index < -0.39 is 10.2 Å². The molecule has 8 N–H and O–H groups in total. The van der Waals surface area contributed by atoms with Crippen molar-refractivity contribution in [2.75, 3.05) is 13.1 Å². The molecule has 16 nitrogen and oxygen atoms in total. The maximum Gasteiger partial charge on any atom is 2.00 e. The van der Waals surface area contributed by atoms with Crippen LogP contribution in [0.4, 0.5) is 0 Å². The Kier molecular flexibility index (Phi) is 15.9. The Labute approximate surface area is 232 Å². The molecule has 2 fully saturated rings. The summed E-state index contributed by atoms with van der Waals surface area (Å²) >= 11 is 0. The number of nitrogens with zero attached hydrogens (tertiary/aromatic N) is 4. The Hall–Kier alpha value is -3.86. The number of fused-ring (bicyclic) bond motifs is 2. The molecular formula is C22H30CuN8O8. The van der Waals surface area contributed by atoms with Crippen molar-refractivity contribution >= 4 is 22.1 Å². The zero-order chi connectivity index (χ0) is 25.9. The SMILES string of the molecule is O.O.O=[N+]([O-])[O-].O=[N+]([O-])[O-].[Cu+2].c1ccc2[nH]c([C@@H]3CCCN3)nc2c1.c1ccc2[nH]c([C@H]3CCCN3)nc2c1. The van der Waals surface area contributed by atoms with Crippen molar-refractivity contribution in [3.63, 3.8) is 0 Å². The van der Waals surface area contributed by atoms with Gasteiger partial charge in [0.1, 0.15) is 11.6 Å². The molecule has 0 amide bonds. The number of rotatable bonds is 2. The smallest absolute Gasteiger partial charge is 0.412 e. The first kappa shape index (κ1) is 35.1. The summed E-state index contributed by atoms with van der Waals surface area (Å²) in [6.07, 6.45) is 4.89. The molecule has 6 rings (SSSR count). The van der Waals surface area contributed by atoms with E-state index in [4.69, 9.17) is 30.6 Å². The monoisotopic (exact) mass is 597 g/mol. The maximum absolute atomic E-state index is 8.25. The standard InChI is InChI=1S/2C11H13N3.Cu.2NO3.2H2O/c2*1-2-5-9-8(4-1)13-11(14-9)10-6-3-7-12-10;;2*2-1(3)4;;/h2*1-2,4-5,10,12H,3,6-7H2,(H,13,14);;;;2*1H2/q;;+2;2*-1;;/t2*10-;;;;;/m10...../s1. The number of imidazole rings is 2. The number of H-pyrrole nitrogens is 2. The van der Waals surface area contributed by atoms with Crippen molar-refractivity contribution in [3.8, 4) is 0 Å². The molecular weight excluding hydrogens is 568 g/mol. The predicted molar refractivity (Wildman–Crippen MR) is 140 cm³/mol. The summed E-state index contributed by atoms with van der Waals surface area (Å²) < 4.78 is 0. The first-order chi connectivity index (χ1) is 17.3. The van der Waals surface area contributed by atoms with Gasteiger partial charge < -0.3 is 62.2 Å². The predicted octanol–water partition coefficient (Wildman–Crippen LogP) is 1.84. The van der Waals surface area contributed by atoms with E-state index in [1.165, 1.54) is 25.7 Å². The normalized spacial score (nSPS) is 16.9. The van der Waals surface area contributed by atoms with E-state index in [1.54, 1.807) is 0 Å². The van der Waals surface area contributed by atoms with Crippen LogP contribution in [0, 0.1) is 30.6 Å². The van der Waals surface area contributed by atoms with Gasteiger partial charge in [0.05, 0.1) is 44.3 Å². The third-order valence-electron chi connectivity index (χ3n) is 5.60. The molecule has 4 heterocycles. The molecule has 2 saturated heterocycles. The molecule has 2 atom stereocenters. The zero-order valence-electron chi connectivity index (χ0n) is 20.6. The third-order valence-corrected chi connectivity index (χ3v) is 5.60. The molecule has 0 spiro atoms. The van der Waals surface area contributed by atoms with Crippen molar-refractivity contribution in [2.45, 2.75) is 37.8 Å². The molecule has 4 aromatic rings. The van der Waals surface area contributed by atoms with Crippen LogP contribution in [-0.2, 0) is 17.1 Å². The van der Waals surface area contributed by atoms with E-state index in [1.807, 2.05) is 36.4 Å². The summed E-state index contributed by atoms with van der Waals surface area (Å²) in [7, 11) is 0. The number of nitrogens with one attached hydrogen (secondary N) is 4. The number of para-hydroxylation sites is 4. The average molecular weight is 598 g/mol. The Morgan fingerprint density at radius 1 is 0.667 bits per heavy atom. The fourth-order valence-electron chi connectivity index (χ4n) is 4.11. The quantitative estimate of drug-likeness (QED) is 0.148. The fraction of sp³-hybridized carbons (Fsp3) is 0.364. The van der Waals surface area contributed by atoms with E-state index in [0.717, 1.165) is 46.8 Å². The summed E-state index contributed by atoms with van der Waals surface area (Å²) in [6.45, 7) is 2.23. The van der Waals surface area contributed by atoms with E-state index in [0.29, 0.717) is 12.1 Å². The Morgan fingerprint density at radius 3 is 1.28 bits per heavy atom. The van der Waals surface area contributed by atoms with Gasteiger partial charge in [-0.1, -0.05) is 24.3 Å². The van der Waals surface area contributed by atoms with Crippen molar-refractivity contribution in [2.24, 2.45) is 0 Å². The van der Waals surface area contributed by atoms with Crippen LogP contribution in [0.2, 0.25) is 0 Å². The molecule has 2 aromatic carbocycles. The van der Waals surface area contributed by atoms with E-state index in [-0.39, 0.29) is 28.0 Å². The van der Waals surface area contributed by atoms with Crippen LogP contribution in [-0.4, -0.2) is 54.2 Å². The minimum atomic E-state index is -1.75. The number of hydrogen-bond acceptors (Lipinski definition) is 10. The van der Waals surface area contributed by atoms with Crippen molar-refractivity contribution in [1.82, 2.24) is 30.6 Å². The second-order valence-corrected chi connectivity index (χ2v) is 8.02. The Morgan fingerprint density at radius 2 is 1.00 bits per heavy atom. The van der Waals surface area contributed by atoms with Crippen LogP contribution >= 0.6 is 0 Å². The van der Waals surface area contributed by atoms with E-state index >= 15 is 0 Å². The summed E-state index contributed by atoms with van der Waals surface area (Å²) in [5.41, 5.74) is 4.40. The van der Waals surface area contributed by atoms with Gasteiger partial charge in [0, 0.05) is 0 Å². The Bertz CT molecular complexity index is 1100. The van der Waals surface area contributed by atoms with Gasteiger partial charge in [0.15, 0.2) is 0 Å². The van der Waals surface area contributed by atoms with Gasteiger partial charge in [-0.25, -0.2) is 9.97 Å². The van der Waals surface area contributed by atoms with Gasteiger partial charge in [-0.15, -0.1) is 0 Å². The van der Waals surface area contributed by atoms with Gasteiger partial charge in [0.25, 0.3) is 0 Å². The fourth-order valence-corrected chi connectivity index (χ4v) is 4.11. The van der Waals surface area contributed by atoms with Gasteiger partial charge in [0.2, 0.25) is 0 Å². The number of benzene rings is 2. The average Bonchev–Trinajstić information content (AvgIpc) is 3.64. The molecule has 0 saturated carbocycles. The number of aromatic nitrogens is 4. The zero-order valence-corrected chi connectivity index (χ0v) is 21.5. The van der Waals surface area contributed by atoms with Crippen LogP contribution in [0.15, 0.2) is 48.5 Å². The summed E-state index contributed by atoms with van der Waals surface area (Å²) in [5.74, 6) is 2.17. The third kappa shape index (κ3) is 11.2. The molecule has 39 heavy (non-hydrogen) atoms. The summed E-state index contributed by atoms with van der Waals surface area (Å²) in [6, 6.07) is 17.2. The van der Waals surface area contributed by atoms with Crippen molar-refractivity contribution < 1.29 is 38.2 Å². The minimum absolute atomic E-state index is 0. The number of hydrogen-bond donors (Lipinski definition) is 4. The molecule has 1 radical (unpaired) electrons. The van der Waals surface area contributed by atoms with E-state index in [9.17, 15) is 0 Å². The molecule has 2 aromatic heterocycles. The molecule has 0 unspecified atom stereocenters. The second-order valence-electron chi connectivity index (χ2n) is 8.02.